The van der Waals surface area contributed by atoms with E-state index in [1.807, 2.05) is 18.2 Å². The summed E-state index contributed by atoms with van der Waals surface area (Å²) in [4.78, 5) is 26.1. The number of likely N-dealkylation sites (tertiary alicyclic amines) is 1. The Hall–Kier alpha value is -3.33. The van der Waals surface area contributed by atoms with Crippen LogP contribution >= 0.6 is 0 Å². The maximum atomic E-state index is 13.3. The van der Waals surface area contributed by atoms with E-state index in [4.69, 9.17) is 14.2 Å². The van der Waals surface area contributed by atoms with Crippen molar-refractivity contribution in [2.45, 2.75) is 18.9 Å². The second kappa shape index (κ2) is 9.22. The Labute approximate surface area is 180 Å². The van der Waals surface area contributed by atoms with Crippen molar-refractivity contribution in [3.63, 3.8) is 0 Å². The Morgan fingerprint density at radius 1 is 1.23 bits per heavy atom. The number of hydrogen-bond acceptors (Lipinski definition) is 7. The van der Waals surface area contributed by atoms with E-state index in [1.165, 1.54) is 6.07 Å². The molecule has 0 bridgehead atoms. The first-order valence-electron chi connectivity index (χ1n) is 10.3. The Morgan fingerprint density at radius 2 is 2.03 bits per heavy atom. The van der Waals surface area contributed by atoms with Gasteiger partial charge in [0.15, 0.2) is 11.5 Å². The molecule has 0 aliphatic carbocycles. The van der Waals surface area contributed by atoms with Crippen molar-refractivity contribution in [1.29, 1.82) is 0 Å². The van der Waals surface area contributed by atoms with Gasteiger partial charge in [0.1, 0.15) is 18.9 Å². The molecule has 9 heteroatoms. The van der Waals surface area contributed by atoms with Gasteiger partial charge in [-0.1, -0.05) is 6.07 Å². The summed E-state index contributed by atoms with van der Waals surface area (Å²) in [6, 6.07) is 10.2. The number of nitrogens with zero attached hydrogens (tertiary/aromatic N) is 2. The van der Waals surface area contributed by atoms with E-state index in [1.54, 1.807) is 24.1 Å². The molecule has 0 saturated carbocycles. The normalized spacial score (nSPS) is 17.5. The summed E-state index contributed by atoms with van der Waals surface area (Å²) in [5.41, 5.74) is 1.51. The molecule has 1 N–H and O–H groups in total. The van der Waals surface area contributed by atoms with Gasteiger partial charge in [0.25, 0.3) is 11.6 Å². The summed E-state index contributed by atoms with van der Waals surface area (Å²) in [6.45, 7) is 2.47. The molecule has 1 atom stereocenters. The molecule has 9 nitrogen and oxygen atoms in total. The quantitative estimate of drug-likeness (QED) is 0.410. The highest BCUT2D eigenvalue weighted by Gasteiger charge is 2.32. The maximum absolute atomic E-state index is 13.3. The lowest BCUT2D eigenvalue weighted by molar-refractivity contribution is -0.384. The third kappa shape index (κ3) is 4.41. The van der Waals surface area contributed by atoms with Crippen LogP contribution in [0.15, 0.2) is 36.4 Å². The predicted molar refractivity (Wildman–Crippen MR) is 114 cm³/mol. The van der Waals surface area contributed by atoms with Gasteiger partial charge >= 0.3 is 0 Å². The zero-order valence-corrected chi connectivity index (χ0v) is 17.3. The highest BCUT2D eigenvalue weighted by Crippen LogP contribution is 2.39. The van der Waals surface area contributed by atoms with Gasteiger partial charge in [-0.25, -0.2) is 0 Å². The molecular formula is C22H25N3O6. The van der Waals surface area contributed by atoms with E-state index in [2.05, 4.69) is 5.32 Å². The van der Waals surface area contributed by atoms with Crippen molar-refractivity contribution in [2.75, 3.05) is 45.3 Å². The summed E-state index contributed by atoms with van der Waals surface area (Å²) in [5.74, 6) is 1.17. The number of carbonyl (C=O) groups excluding carboxylic acids is 1. The second-order valence-corrected chi connectivity index (χ2v) is 7.47. The largest absolute Gasteiger partial charge is 0.486 e. The average molecular weight is 427 g/mol. The molecule has 0 aromatic heterocycles. The number of methoxy groups -OCH3 is 1. The lowest BCUT2D eigenvalue weighted by Gasteiger charge is -2.27. The first-order valence-corrected chi connectivity index (χ1v) is 10.3. The van der Waals surface area contributed by atoms with E-state index in [0.29, 0.717) is 55.7 Å². The van der Waals surface area contributed by atoms with Gasteiger partial charge < -0.3 is 24.4 Å². The predicted octanol–water partition coefficient (Wildman–Crippen LogP) is 3.40. The highest BCUT2D eigenvalue weighted by atomic mass is 16.6. The molecule has 2 aliphatic rings. The molecule has 1 saturated heterocycles. The smallest absolute Gasteiger partial charge is 0.293 e. The van der Waals surface area contributed by atoms with Crippen LogP contribution in [0.3, 0.4) is 0 Å². The van der Waals surface area contributed by atoms with Crippen LogP contribution in [0.4, 0.5) is 11.4 Å². The number of benzene rings is 2. The molecule has 2 aliphatic heterocycles. The van der Waals surface area contributed by atoms with Gasteiger partial charge in [0.2, 0.25) is 0 Å². The summed E-state index contributed by atoms with van der Waals surface area (Å²) in [7, 11) is 1.56. The number of amides is 1. The zero-order valence-electron chi connectivity index (χ0n) is 17.3. The van der Waals surface area contributed by atoms with Crippen LogP contribution in [-0.2, 0) is 4.74 Å². The lowest BCUT2D eigenvalue weighted by Crippen LogP contribution is -2.30. The zero-order chi connectivity index (χ0) is 21.8. The third-order valence-corrected chi connectivity index (χ3v) is 5.53. The Bertz CT molecular complexity index is 980. The Kier molecular flexibility index (Phi) is 6.22. The van der Waals surface area contributed by atoms with Crippen molar-refractivity contribution in [3.8, 4) is 11.5 Å². The SMILES string of the molecule is COCCNc1ccc(C(=O)N2CCCC2c2ccc3c(c2)OCCO3)cc1[N+](=O)[O-]. The number of fused-ring (bicyclic) bond motifs is 1. The molecule has 4 rings (SSSR count). The number of rotatable bonds is 7. The molecule has 1 unspecified atom stereocenters. The molecule has 0 spiro atoms. The lowest BCUT2D eigenvalue weighted by atomic mass is 10.0. The standard InChI is InChI=1S/C22H25N3O6/c1-29-10-8-23-17-6-4-16(13-19(17)25(27)28)22(26)24-9-2-3-18(24)15-5-7-20-21(14-15)31-12-11-30-20/h4-7,13-14,18,23H,2-3,8-12H2,1H3. The van der Waals surface area contributed by atoms with Crippen molar-refractivity contribution < 1.29 is 23.9 Å². The van der Waals surface area contributed by atoms with Crippen LogP contribution in [0.2, 0.25) is 0 Å². The summed E-state index contributed by atoms with van der Waals surface area (Å²) in [6.07, 6.45) is 1.69. The fraction of sp³-hybridized carbons (Fsp3) is 0.409. The van der Waals surface area contributed by atoms with Gasteiger partial charge in [0, 0.05) is 31.8 Å². The van der Waals surface area contributed by atoms with E-state index < -0.39 is 4.92 Å². The van der Waals surface area contributed by atoms with Crippen molar-refractivity contribution in [1.82, 2.24) is 4.90 Å². The van der Waals surface area contributed by atoms with Crippen molar-refractivity contribution >= 4 is 17.3 Å². The number of carbonyl (C=O) groups is 1. The molecule has 31 heavy (non-hydrogen) atoms. The maximum Gasteiger partial charge on any atom is 0.293 e. The number of nitrogens with one attached hydrogen (secondary N) is 1. The first-order chi connectivity index (χ1) is 15.1. The minimum absolute atomic E-state index is 0.109. The van der Waals surface area contributed by atoms with Gasteiger partial charge in [-0.2, -0.15) is 0 Å². The van der Waals surface area contributed by atoms with Gasteiger partial charge in [-0.15, -0.1) is 0 Å². The van der Waals surface area contributed by atoms with Crippen LogP contribution in [0.1, 0.15) is 34.8 Å². The monoisotopic (exact) mass is 427 g/mol. The molecule has 2 heterocycles. The van der Waals surface area contributed by atoms with E-state index in [9.17, 15) is 14.9 Å². The molecule has 0 radical (unpaired) electrons. The Balaban J connectivity index is 1.56. The summed E-state index contributed by atoms with van der Waals surface area (Å²) < 4.78 is 16.2. The summed E-state index contributed by atoms with van der Waals surface area (Å²) >= 11 is 0. The molecule has 164 valence electrons. The molecular weight excluding hydrogens is 402 g/mol. The fourth-order valence-electron chi connectivity index (χ4n) is 4.04. The fourth-order valence-corrected chi connectivity index (χ4v) is 4.04. The topological polar surface area (TPSA) is 103 Å². The number of nitro benzene ring substituents is 1. The molecule has 2 aromatic rings. The van der Waals surface area contributed by atoms with Crippen LogP contribution in [-0.4, -0.2) is 55.8 Å². The van der Waals surface area contributed by atoms with Gasteiger partial charge in [-0.3, -0.25) is 14.9 Å². The van der Waals surface area contributed by atoms with Gasteiger partial charge in [0.05, 0.1) is 17.6 Å². The van der Waals surface area contributed by atoms with E-state index in [-0.39, 0.29) is 17.6 Å². The number of nitro groups is 1. The molecule has 1 fully saturated rings. The van der Waals surface area contributed by atoms with Crippen LogP contribution in [0.25, 0.3) is 0 Å². The number of ether oxygens (including phenoxy) is 3. The van der Waals surface area contributed by atoms with Crippen LogP contribution < -0.4 is 14.8 Å². The van der Waals surface area contributed by atoms with Crippen LogP contribution in [0, 0.1) is 10.1 Å². The average Bonchev–Trinajstić information content (AvgIpc) is 3.28. The minimum Gasteiger partial charge on any atom is -0.486 e. The number of hydrogen-bond donors (Lipinski definition) is 1. The van der Waals surface area contributed by atoms with Crippen LogP contribution in [0.5, 0.6) is 11.5 Å². The van der Waals surface area contributed by atoms with Crippen molar-refractivity contribution in [2.24, 2.45) is 0 Å². The molecule has 2 aromatic carbocycles. The van der Waals surface area contributed by atoms with Gasteiger partial charge in [-0.05, 0) is 42.7 Å². The Morgan fingerprint density at radius 3 is 2.81 bits per heavy atom. The number of anilines is 1. The summed E-state index contributed by atoms with van der Waals surface area (Å²) in [5, 5.41) is 14.5. The van der Waals surface area contributed by atoms with E-state index >= 15 is 0 Å². The minimum atomic E-state index is -0.478. The van der Waals surface area contributed by atoms with Crippen molar-refractivity contribution in [3.05, 3.63) is 57.6 Å². The first kappa shape index (κ1) is 20.9. The molecule has 1 amide bonds. The second-order valence-electron chi connectivity index (χ2n) is 7.47. The van der Waals surface area contributed by atoms with E-state index in [0.717, 1.165) is 18.4 Å². The third-order valence-electron chi connectivity index (χ3n) is 5.53. The highest BCUT2D eigenvalue weighted by molar-refractivity contribution is 5.96.